The maximum atomic E-state index is 12.1. The first kappa shape index (κ1) is 17.8. The van der Waals surface area contributed by atoms with E-state index in [1.54, 1.807) is 0 Å². The number of hydrogen-bond acceptors (Lipinski definition) is 4. The van der Waals surface area contributed by atoms with Crippen molar-refractivity contribution in [2.24, 2.45) is 0 Å². The molecule has 142 valence electrons. The molecule has 0 fully saturated rings. The summed E-state index contributed by atoms with van der Waals surface area (Å²) < 4.78 is 5.19. The van der Waals surface area contributed by atoms with E-state index in [0.717, 1.165) is 38.0 Å². The van der Waals surface area contributed by atoms with Gasteiger partial charge in [-0.1, -0.05) is 44.2 Å². The Morgan fingerprint density at radius 3 is 2.81 bits per heavy atom. The lowest BCUT2D eigenvalue weighted by atomic mass is 9.82. The smallest absolute Gasteiger partial charge is 0.412 e. The average molecular weight is 365 g/mol. The van der Waals surface area contributed by atoms with Crippen LogP contribution in [0, 0.1) is 0 Å². The van der Waals surface area contributed by atoms with Crippen LogP contribution in [0.1, 0.15) is 61.8 Å². The highest BCUT2D eigenvalue weighted by atomic mass is 16.5. The number of carbonyl (C=O) groups is 1. The lowest BCUT2D eigenvalue weighted by molar-refractivity contribution is 0.161. The van der Waals surface area contributed by atoms with Gasteiger partial charge >= 0.3 is 6.09 Å². The SMILES string of the molecule is CCCOC(=O)Nc1cc2c3c(n1)[C@H](c1ccccc1)CCN3CC[C@H]2C. The normalized spacial score (nSPS) is 20.7. The van der Waals surface area contributed by atoms with Gasteiger partial charge in [0.25, 0.3) is 0 Å². The van der Waals surface area contributed by atoms with Crippen LogP contribution in [0.5, 0.6) is 0 Å². The van der Waals surface area contributed by atoms with E-state index in [2.05, 4.69) is 41.4 Å². The number of rotatable bonds is 4. The van der Waals surface area contributed by atoms with Gasteiger partial charge in [-0.05, 0) is 42.4 Å². The number of amides is 1. The summed E-state index contributed by atoms with van der Waals surface area (Å²) in [5.41, 5.74) is 4.94. The Kier molecular flexibility index (Phi) is 5.01. The highest BCUT2D eigenvalue weighted by molar-refractivity contribution is 5.84. The minimum atomic E-state index is -0.427. The molecular formula is C22H27N3O2. The molecule has 1 aromatic carbocycles. The second kappa shape index (κ2) is 7.59. The minimum absolute atomic E-state index is 0.259. The summed E-state index contributed by atoms with van der Waals surface area (Å²) in [5, 5.41) is 2.84. The van der Waals surface area contributed by atoms with Crippen LogP contribution in [-0.4, -0.2) is 30.8 Å². The number of carbonyl (C=O) groups excluding carboxylic acids is 1. The molecular weight excluding hydrogens is 338 g/mol. The Morgan fingerprint density at radius 2 is 2.04 bits per heavy atom. The molecule has 0 bridgehead atoms. The summed E-state index contributed by atoms with van der Waals surface area (Å²) in [7, 11) is 0. The second-order valence-corrected chi connectivity index (χ2v) is 7.52. The van der Waals surface area contributed by atoms with Gasteiger partial charge in [0.05, 0.1) is 18.0 Å². The third kappa shape index (κ3) is 3.51. The van der Waals surface area contributed by atoms with Gasteiger partial charge in [-0.25, -0.2) is 9.78 Å². The number of nitrogens with zero attached hydrogens (tertiary/aromatic N) is 2. The number of nitrogens with one attached hydrogen (secondary N) is 1. The van der Waals surface area contributed by atoms with Crippen LogP contribution in [0.25, 0.3) is 0 Å². The topological polar surface area (TPSA) is 54.5 Å². The summed E-state index contributed by atoms with van der Waals surface area (Å²) in [5.74, 6) is 1.32. The van der Waals surface area contributed by atoms with Crippen LogP contribution in [0.15, 0.2) is 36.4 Å². The standard InChI is InChI=1S/C22H27N3O2/c1-3-13-27-22(26)24-19-14-18-15(2)9-11-25-12-10-17(20(23-19)21(18)25)16-7-5-4-6-8-16/h4-8,14-15,17H,3,9-13H2,1-2H3,(H,23,24,26)/t15-,17+/m1/s1. The number of benzene rings is 1. The largest absolute Gasteiger partial charge is 0.449 e. The van der Waals surface area contributed by atoms with Crippen molar-refractivity contribution in [3.8, 4) is 0 Å². The van der Waals surface area contributed by atoms with E-state index in [9.17, 15) is 4.79 Å². The first-order chi connectivity index (χ1) is 13.2. The van der Waals surface area contributed by atoms with Gasteiger partial charge in [0, 0.05) is 19.0 Å². The molecule has 0 aliphatic carbocycles. The van der Waals surface area contributed by atoms with E-state index in [-0.39, 0.29) is 5.92 Å². The Labute approximate surface area is 160 Å². The molecule has 0 saturated heterocycles. The molecule has 0 spiro atoms. The molecule has 5 heteroatoms. The van der Waals surface area contributed by atoms with Gasteiger partial charge in [0.15, 0.2) is 0 Å². The first-order valence-corrected chi connectivity index (χ1v) is 9.96. The molecule has 4 rings (SSSR count). The molecule has 2 aliphatic heterocycles. The van der Waals surface area contributed by atoms with Gasteiger partial charge in [0.2, 0.25) is 0 Å². The number of aromatic nitrogens is 1. The maximum Gasteiger partial charge on any atom is 0.412 e. The van der Waals surface area contributed by atoms with Crippen LogP contribution in [0.3, 0.4) is 0 Å². The fraction of sp³-hybridized carbons (Fsp3) is 0.455. The van der Waals surface area contributed by atoms with Crippen LogP contribution < -0.4 is 10.2 Å². The predicted molar refractivity (Wildman–Crippen MR) is 108 cm³/mol. The van der Waals surface area contributed by atoms with Gasteiger partial charge in [-0.2, -0.15) is 0 Å². The zero-order valence-electron chi connectivity index (χ0n) is 16.1. The molecule has 1 aromatic heterocycles. The number of ether oxygens (including phenoxy) is 1. The monoisotopic (exact) mass is 365 g/mol. The highest BCUT2D eigenvalue weighted by Gasteiger charge is 2.34. The van der Waals surface area contributed by atoms with Gasteiger partial charge in [-0.15, -0.1) is 0 Å². The van der Waals surface area contributed by atoms with Crippen molar-refractivity contribution >= 4 is 17.6 Å². The molecule has 2 aliphatic rings. The molecule has 1 N–H and O–H groups in total. The zero-order chi connectivity index (χ0) is 18.8. The lowest BCUT2D eigenvalue weighted by Gasteiger charge is -2.41. The second-order valence-electron chi connectivity index (χ2n) is 7.52. The highest BCUT2D eigenvalue weighted by Crippen LogP contribution is 2.46. The molecule has 5 nitrogen and oxygen atoms in total. The number of pyridine rings is 1. The minimum Gasteiger partial charge on any atom is -0.449 e. The van der Waals surface area contributed by atoms with E-state index in [1.807, 2.05) is 19.1 Å². The van der Waals surface area contributed by atoms with E-state index in [4.69, 9.17) is 9.72 Å². The Bertz CT molecular complexity index is 822. The van der Waals surface area contributed by atoms with Crippen molar-refractivity contribution in [2.75, 3.05) is 29.9 Å². The van der Waals surface area contributed by atoms with Crippen molar-refractivity contribution in [2.45, 2.75) is 44.9 Å². The number of hydrogen-bond donors (Lipinski definition) is 1. The Morgan fingerprint density at radius 1 is 1.26 bits per heavy atom. The van der Waals surface area contributed by atoms with Crippen molar-refractivity contribution in [3.05, 3.63) is 53.2 Å². The Balaban J connectivity index is 1.75. The number of anilines is 2. The molecule has 3 heterocycles. The summed E-state index contributed by atoms with van der Waals surface area (Å²) in [6.45, 7) is 6.79. The fourth-order valence-corrected chi connectivity index (χ4v) is 4.21. The van der Waals surface area contributed by atoms with Gasteiger partial charge in [0.1, 0.15) is 5.82 Å². The van der Waals surface area contributed by atoms with E-state index >= 15 is 0 Å². The van der Waals surface area contributed by atoms with Gasteiger partial charge in [-0.3, -0.25) is 5.32 Å². The third-order valence-corrected chi connectivity index (χ3v) is 5.62. The Hall–Kier alpha value is -2.56. The third-order valence-electron chi connectivity index (χ3n) is 5.62. The van der Waals surface area contributed by atoms with E-state index in [1.165, 1.54) is 16.8 Å². The molecule has 0 unspecified atom stereocenters. The van der Waals surface area contributed by atoms with Crippen molar-refractivity contribution in [1.82, 2.24) is 4.98 Å². The van der Waals surface area contributed by atoms with Crippen LogP contribution in [-0.2, 0) is 4.74 Å². The van der Waals surface area contributed by atoms with Crippen LogP contribution in [0.2, 0.25) is 0 Å². The van der Waals surface area contributed by atoms with Crippen molar-refractivity contribution in [1.29, 1.82) is 0 Å². The average Bonchev–Trinajstić information content (AvgIpc) is 2.69. The molecule has 2 atom stereocenters. The van der Waals surface area contributed by atoms with Crippen molar-refractivity contribution in [3.63, 3.8) is 0 Å². The van der Waals surface area contributed by atoms with Crippen molar-refractivity contribution < 1.29 is 9.53 Å². The molecule has 0 radical (unpaired) electrons. The first-order valence-electron chi connectivity index (χ1n) is 9.96. The van der Waals surface area contributed by atoms with E-state index in [0.29, 0.717) is 18.3 Å². The summed E-state index contributed by atoms with van der Waals surface area (Å²) in [6, 6.07) is 12.6. The fourth-order valence-electron chi connectivity index (χ4n) is 4.21. The van der Waals surface area contributed by atoms with Crippen LogP contribution >= 0.6 is 0 Å². The van der Waals surface area contributed by atoms with Crippen LogP contribution in [0.4, 0.5) is 16.3 Å². The predicted octanol–water partition coefficient (Wildman–Crippen LogP) is 4.89. The molecule has 0 saturated carbocycles. The van der Waals surface area contributed by atoms with Gasteiger partial charge < -0.3 is 9.64 Å². The van der Waals surface area contributed by atoms with E-state index < -0.39 is 6.09 Å². The lowest BCUT2D eigenvalue weighted by Crippen LogP contribution is -2.37. The summed E-state index contributed by atoms with van der Waals surface area (Å²) >= 11 is 0. The summed E-state index contributed by atoms with van der Waals surface area (Å²) in [6.07, 6.45) is 2.55. The quantitative estimate of drug-likeness (QED) is 0.838. The molecule has 2 aromatic rings. The zero-order valence-corrected chi connectivity index (χ0v) is 16.1. The molecule has 27 heavy (non-hydrogen) atoms. The maximum absolute atomic E-state index is 12.1. The summed E-state index contributed by atoms with van der Waals surface area (Å²) in [4.78, 5) is 19.4. The molecule has 1 amide bonds.